The Morgan fingerprint density at radius 2 is 0.671 bits per heavy atom. The van der Waals surface area contributed by atoms with Gasteiger partial charge in [-0.25, -0.2) is 4.79 Å². The average molecular weight is 1080 g/mol. The molecule has 0 aromatic heterocycles. The Morgan fingerprint density at radius 3 is 1.04 bits per heavy atom. The first kappa shape index (κ1) is 71.1. The van der Waals surface area contributed by atoms with E-state index in [0.29, 0.717) is 32.1 Å². The molecule has 0 saturated carbocycles. The van der Waals surface area contributed by atoms with Crippen molar-refractivity contribution in [3.63, 3.8) is 0 Å². The summed E-state index contributed by atoms with van der Waals surface area (Å²) < 4.78 is 34.0. The lowest BCUT2D eigenvalue weighted by atomic mass is 10.0. The summed E-state index contributed by atoms with van der Waals surface area (Å²) in [5, 5.41) is 0. The lowest BCUT2D eigenvalue weighted by Gasteiger charge is -2.32. The van der Waals surface area contributed by atoms with Crippen LogP contribution in [0.25, 0.3) is 0 Å². The van der Waals surface area contributed by atoms with Crippen molar-refractivity contribution >= 4 is 30.0 Å². The fraction of sp³-hybridized carbons (Fsp3) is 0.921. The van der Waals surface area contributed by atoms with Crippen LogP contribution in [-0.2, 0) is 47.6 Å². The highest BCUT2D eigenvalue weighted by atomic mass is 16.7. The lowest BCUT2D eigenvalue weighted by molar-refractivity contribution is -0.151. The van der Waals surface area contributed by atoms with Crippen molar-refractivity contribution in [1.82, 2.24) is 9.80 Å². The minimum absolute atomic E-state index is 0.0115. The van der Waals surface area contributed by atoms with Crippen LogP contribution in [0.2, 0.25) is 0 Å². The Balaban J connectivity index is 2.52. The first-order valence-corrected chi connectivity index (χ1v) is 32.0. The molecule has 0 aromatic carbocycles. The minimum Gasteiger partial charge on any atom is -0.465 e. The van der Waals surface area contributed by atoms with Crippen LogP contribution >= 0.6 is 0 Å². The first-order valence-electron chi connectivity index (χ1n) is 32.0. The highest BCUT2D eigenvalue weighted by Crippen LogP contribution is 2.21. The molecule has 1 aliphatic heterocycles. The average Bonchev–Trinajstić information content (AvgIpc) is 3.41. The zero-order valence-corrected chi connectivity index (χ0v) is 50.0. The molecule has 13 heteroatoms. The number of rotatable bonds is 54. The normalized spacial score (nSPS) is 13.2. The summed E-state index contributed by atoms with van der Waals surface area (Å²) in [6, 6.07) is 0. The second-order valence-electron chi connectivity index (χ2n) is 22.4. The molecule has 0 aromatic rings. The van der Waals surface area contributed by atoms with E-state index in [0.717, 1.165) is 123 Å². The molecule has 1 heterocycles. The van der Waals surface area contributed by atoms with Crippen molar-refractivity contribution in [3.05, 3.63) is 0 Å². The van der Waals surface area contributed by atoms with E-state index in [1.54, 1.807) is 0 Å². The molecular weight excluding hydrogens is 961 g/mol. The zero-order valence-electron chi connectivity index (χ0n) is 50.0. The predicted octanol–water partition coefficient (Wildman–Crippen LogP) is 16.0. The summed E-state index contributed by atoms with van der Waals surface area (Å²) in [5.41, 5.74) is 0. The van der Waals surface area contributed by atoms with E-state index in [1.165, 1.54) is 128 Å². The topological polar surface area (TPSA) is 147 Å². The maximum atomic E-state index is 12.9. The third-order valence-electron chi connectivity index (χ3n) is 15.0. The van der Waals surface area contributed by atoms with Crippen LogP contribution < -0.4 is 0 Å². The van der Waals surface area contributed by atoms with Gasteiger partial charge in [-0.15, -0.1) is 0 Å². The van der Waals surface area contributed by atoms with Crippen LogP contribution in [0.3, 0.4) is 0 Å². The van der Waals surface area contributed by atoms with Gasteiger partial charge >= 0.3 is 30.0 Å². The first-order chi connectivity index (χ1) is 37.1. The zero-order chi connectivity index (χ0) is 55.4. The van der Waals surface area contributed by atoms with E-state index in [2.05, 4.69) is 44.5 Å². The molecule has 0 amide bonds. The van der Waals surface area contributed by atoms with E-state index in [-0.39, 0.29) is 75.4 Å². The summed E-state index contributed by atoms with van der Waals surface area (Å²) in [6.45, 7) is 13.8. The molecular formula is C63H118N2O11. The van der Waals surface area contributed by atoms with Gasteiger partial charge in [0.05, 0.1) is 12.5 Å². The van der Waals surface area contributed by atoms with Crippen LogP contribution in [0.1, 0.15) is 291 Å². The number of esters is 4. The number of hydrogen-bond acceptors (Lipinski definition) is 13. The van der Waals surface area contributed by atoms with Crippen LogP contribution in [-0.4, -0.2) is 118 Å². The maximum Gasteiger partial charge on any atom is 0.508 e. The third kappa shape index (κ3) is 46.0. The fourth-order valence-corrected chi connectivity index (χ4v) is 9.86. The summed E-state index contributed by atoms with van der Waals surface area (Å²) in [7, 11) is 2.12. The van der Waals surface area contributed by atoms with Crippen LogP contribution in [0.5, 0.6) is 0 Å². The molecule has 446 valence electrons. The lowest BCUT2D eigenvalue weighted by Crippen LogP contribution is -2.44. The molecule has 0 radical (unpaired) electrons. The second-order valence-corrected chi connectivity index (χ2v) is 22.4. The Hall–Kier alpha value is -2.93. The van der Waals surface area contributed by atoms with Gasteiger partial charge < -0.3 is 38.2 Å². The van der Waals surface area contributed by atoms with E-state index in [9.17, 15) is 24.0 Å². The van der Waals surface area contributed by atoms with E-state index in [4.69, 9.17) is 28.4 Å². The monoisotopic (exact) mass is 1080 g/mol. The van der Waals surface area contributed by atoms with Crippen molar-refractivity contribution in [2.45, 2.75) is 303 Å². The highest BCUT2D eigenvalue weighted by Gasteiger charge is 2.20. The molecule has 1 aliphatic rings. The summed E-state index contributed by atoms with van der Waals surface area (Å²) in [5.74, 6) is -1.52. The molecule has 0 atom stereocenters. The minimum atomic E-state index is -0.800. The SMILES string of the molecule is CCCCCCCCC(CCCCCCCC)OC(=O)CCCCCCC(=O)OCC(COC(=O)CCCCCCC(=O)OC(CCCCCCCC)CCCCCCCC)COC(=O)OCCCN1CCN(C)CC1. The second kappa shape index (κ2) is 52.8. The number of nitrogens with zero attached hydrogens (tertiary/aromatic N) is 2. The maximum absolute atomic E-state index is 12.9. The molecule has 0 aliphatic carbocycles. The van der Waals surface area contributed by atoms with Crippen LogP contribution in [0.4, 0.5) is 4.79 Å². The summed E-state index contributed by atoms with van der Waals surface area (Å²) >= 11 is 0. The quantitative estimate of drug-likeness (QED) is 0.0324. The number of carbonyl (C=O) groups is 5. The van der Waals surface area contributed by atoms with Crippen LogP contribution in [0, 0.1) is 5.92 Å². The van der Waals surface area contributed by atoms with Crippen LogP contribution in [0.15, 0.2) is 0 Å². The molecule has 1 fully saturated rings. The van der Waals surface area contributed by atoms with Crippen molar-refractivity contribution in [1.29, 1.82) is 0 Å². The van der Waals surface area contributed by atoms with Gasteiger partial charge in [0.1, 0.15) is 32.0 Å². The van der Waals surface area contributed by atoms with Crippen molar-refractivity contribution in [2.75, 3.05) is 66.2 Å². The van der Waals surface area contributed by atoms with Gasteiger partial charge in [-0.3, -0.25) is 19.2 Å². The number of likely N-dealkylation sites (N-methyl/N-ethyl adjacent to an activating group) is 1. The molecule has 13 nitrogen and oxygen atoms in total. The predicted molar refractivity (Wildman–Crippen MR) is 308 cm³/mol. The molecule has 1 rings (SSSR count). The van der Waals surface area contributed by atoms with Gasteiger partial charge in [0.25, 0.3) is 0 Å². The number of hydrogen-bond donors (Lipinski definition) is 0. The molecule has 1 saturated heterocycles. The molecule has 0 spiro atoms. The highest BCUT2D eigenvalue weighted by molar-refractivity contribution is 5.70. The summed E-state index contributed by atoms with van der Waals surface area (Å²) in [6.07, 6.45) is 40.3. The van der Waals surface area contributed by atoms with Gasteiger partial charge in [0.15, 0.2) is 0 Å². The Kier molecular flexibility index (Phi) is 49.3. The molecule has 0 N–H and O–H groups in total. The van der Waals surface area contributed by atoms with Gasteiger partial charge in [-0.05, 0) is 90.5 Å². The standard InChI is InChI=1S/C63H118N2O11/c1-6-10-14-18-22-30-39-57(40-31-23-19-15-11-7-2)75-61(68)45-36-28-26-34-43-59(66)72-53-56(55-74-63(70)71-52-38-47-65-50-48-64(5)49-51-65)54-73-60(67)44-35-27-29-37-46-62(69)76-58(41-32-24-20-16-12-8-3)42-33-25-21-17-13-9-4/h56-58H,6-55H2,1-5H3. The Bertz CT molecular complexity index is 1270. The fourth-order valence-electron chi connectivity index (χ4n) is 9.86. The van der Waals surface area contributed by atoms with Crippen molar-refractivity contribution in [2.24, 2.45) is 5.92 Å². The van der Waals surface area contributed by atoms with Crippen molar-refractivity contribution in [3.8, 4) is 0 Å². The smallest absolute Gasteiger partial charge is 0.465 e. The molecule has 0 bridgehead atoms. The summed E-state index contributed by atoms with van der Waals surface area (Å²) in [4.78, 5) is 68.6. The molecule has 0 unspecified atom stereocenters. The van der Waals surface area contributed by atoms with Gasteiger partial charge in [0, 0.05) is 58.4 Å². The third-order valence-corrected chi connectivity index (χ3v) is 15.0. The van der Waals surface area contributed by atoms with E-state index in [1.807, 2.05) is 0 Å². The largest absolute Gasteiger partial charge is 0.508 e. The van der Waals surface area contributed by atoms with E-state index >= 15 is 0 Å². The van der Waals surface area contributed by atoms with Gasteiger partial charge in [-0.1, -0.05) is 182 Å². The number of ether oxygens (including phenoxy) is 6. The number of carbonyl (C=O) groups excluding carboxylic acids is 5. The number of piperazine rings is 1. The van der Waals surface area contributed by atoms with E-state index < -0.39 is 12.1 Å². The van der Waals surface area contributed by atoms with Crippen molar-refractivity contribution < 1.29 is 52.4 Å². The Morgan fingerprint density at radius 1 is 0.355 bits per heavy atom. The van der Waals surface area contributed by atoms with Gasteiger partial charge in [-0.2, -0.15) is 0 Å². The van der Waals surface area contributed by atoms with Gasteiger partial charge in [0.2, 0.25) is 0 Å². The number of unbranched alkanes of at least 4 members (excludes halogenated alkanes) is 26. The Labute approximate surface area is 465 Å². The molecule has 76 heavy (non-hydrogen) atoms.